The number of benzene rings is 1. The highest BCUT2D eigenvalue weighted by molar-refractivity contribution is 5.89. The van der Waals surface area contributed by atoms with Crippen LogP contribution < -0.4 is 0 Å². The summed E-state index contributed by atoms with van der Waals surface area (Å²) in [5.74, 6) is -0.502. The number of hydrogen-bond donors (Lipinski definition) is 1. The van der Waals surface area contributed by atoms with E-state index in [9.17, 15) is 9.90 Å². The normalized spacial score (nSPS) is 10.5. The summed E-state index contributed by atoms with van der Waals surface area (Å²) in [5.41, 5.74) is 3.38. The van der Waals surface area contributed by atoms with E-state index in [2.05, 4.69) is 9.84 Å². The fourth-order valence-electron chi connectivity index (χ4n) is 1.91. The van der Waals surface area contributed by atoms with Gasteiger partial charge < -0.3 is 9.84 Å². The predicted octanol–water partition coefficient (Wildman–Crippen LogP) is 1.77. The minimum Gasteiger partial charge on any atom is -0.464 e. The molecule has 2 rings (SSSR count). The molecule has 0 aliphatic heterocycles. The van der Waals surface area contributed by atoms with Crippen LogP contribution in [0.3, 0.4) is 0 Å². The van der Waals surface area contributed by atoms with E-state index < -0.39 is 5.97 Å². The lowest BCUT2D eigenvalue weighted by atomic mass is 10.2. The fraction of sp³-hybridized carbons (Fsp3) is 0.286. The minimum atomic E-state index is -0.502. The number of carbonyl (C=O) groups excluding carboxylic acids is 1. The number of nitrogens with zero attached hydrogens (tertiary/aromatic N) is 2. The van der Waals surface area contributed by atoms with Crippen LogP contribution in [0.25, 0.3) is 5.69 Å². The Balaban J connectivity index is 2.57. The number of aryl methyl sites for hydroxylation is 1. The fourth-order valence-corrected chi connectivity index (χ4v) is 1.91. The third-order valence-electron chi connectivity index (χ3n) is 3.05. The monoisotopic (exact) mass is 260 g/mol. The first-order valence-corrected chi connectivity index (χ1v) is 5.93. The molecule has 100 valence electrons. The predicted molar refractivity (Wildman–Crippen MR) is 70.3 cm³/mol. The Morgan fingerprint density at radius 1 is 1.32 bits per heavy atom. The van der Waals surface area contributed by atoms with Gasteiger partial charge in [0.25, 0.3) is 0 Å². The highest BCUT2D eigenvalue weighted by Crippen LogP contribution is 2.19. The van der Waals surface area contributed by atoms with Gasteiger partial charge in [0.05, 0.1) is 25.1 Å². The number of aliphatic hydroxyl groups is 1. The van der Waals surface area contributed by atoms with Crippen LogP contribution in [0.15, 0.2) is 24.3 Å². The van der Waals surface area contributed by atoms with Crippen molar-refractivity contribution in [1.82, 2.24) is 9.78 Å². The average Bonchev–Trinajstić information content (AvgIpc) is 2.75. The molecule has 1 aromatic heterocycles. The molecule has 5 nitrogen and oxygen atoms in total. The van der Waals surface area contributed by atoms with E-state index >= 15 is 0 Å². The van der Waals surface area contributed by atoms with Crippen molar-refractivity contribution in [2.75, 3.05) is 7.11 Å². The second kappa shape index (κ2) is 5.24. The van der Waals surface area contributed by atoms with E-state index in [0.717, 1.165) is 11.3 Å². The Morgan fingerprint density at radius 3 is 2.47 bits per heavy atom. The number of carbonyl (C=O) groups is 1. The van der Waals surface area contributed by atoms with Crippen LogP contribution >= 0.6 is 0 Å². The molecule has 0 unspecified atom stereocenters. The number of aromatic nitrogens is 2. The Hall–Kier alpha value is -2.14. The van der Waals surface area contributed by atoms with Crippen molar-refractivity contribution < 1.29 is 14.6 Å². The number of ether oxygens (including phenoxy) is 1. The van der Waals surface area contributed by atoms with Crippen LogP contribution in [0.2, 0.25) is 0 Å². The second-order valence-electron chi connectivity index (χ2n) is 4.32. The maximum Gasteiger partial charge on any atom is 0.358 e. The Labute approximate surface area is 111 Å². The molecule has 0 bridgehead atoms. The summed E-state index contributed by atoms with van der Waals surface area (Å²) in [6.45, 7) is 3.55. The van der Waals surface area contributed by atoms with Crippen LogP contribution in [0.4, 0.5) is 0 Å². The van der Waals surface area contributed by atoms with E-state index in [1.807, 2.05) is 31.2 Å². The topological polar surface area (TPSA) is 64.3 Å². The molecule has 19 heavy (non-hydrogen) atoms. The molecule has 1 heterocycles. The van der Waals surface area contributed by atoms with Gasteiger partial charge in [-0.25, -0.2) is 9.48 Å². The molecule has 1 N–H and O–H groups in total. The molecular formula is C14H16N2O3. The van der Waals surface area contributed by atoms with E-state index in [1.165, 1.54) is 7.11 Å². The van der Waals surface area contributed by atoms with Gasteiger partial charge in [-0.1, -0.05) is 17.7 Å². The number of esters is 1. The lowest BCUT2D eigenvalue weighted by Crippen LogP contribution is -2.05. The summed E-state index contributed by atoms with van der Waals surface area (Å²) < 4.78 is 6.26. The van der Waals surface area contributed by atoms with E-state index in [0.29, 0.717) is 11.3 Å². The number of rotatable bonds is 3. The Bertz CT molecular complexity index is 600. The van der Waals surface area contributed by atoms with Crippen LogP contribution in [0.5, 0.6) is 0 Å². The maximum atomic E-state index is 11.6. The second-order valence-corrected chi connectivity index (χ2v) is 4.32. The van der Waals surface area contributed by atoms with Crippen LogP contribution in [0.1, 0.15) is 27.3 Å². The summed E-state index contributed by atoms with van der Waals surface area (Å²) in [7, 11) is 1.31. The number of methoxy groups -OCH3 is 1. The molecule has 2 aromatic rings. The van der Waals surface area contributed by atoms with Crippen LogP contribution in [-0.2, 0) is 11.3 Å². The largest absolute Gasteiger partial charge is 0.464 e. The molecule has 0 aliphatic carbocycles. The van der Waals surface area contributed by atoms with Crippen molar-refractivity contribution in [1.29, 1.82) is 0 Å². The summed E-state index contributed by atoms with van der Waals surface area (Å²) in [6.07, 6.45) is 0. The van der Waals surface area contributed by atoms with Crippen molar-refractivity contribution in [3.63, 3.8) is 0 Å². The zero-order chi connectivity index (χ0) is 14.0. The van der Waals surface area contributed by atoms with Crippen molar-refractivity contribution in [2.24, 2.45) is 0 Å². The zero-order valence-corrected chi connectivity index (χ0v) is 11.2. The van der Waals surface area contributed by atoms with Gasteiger partial charge in [-0.05, 0) is 26.0 Å². The quantitative estimate of drug-likeness (QED) is 0.854. The first-order valence-electron chi connectivity index (χ1n) is 5.93. The van der Waals surface area contributed by atoms with Crippen molar-refractivity contribution >= 4 is 5.97 Å². The summed E-state index contributed by atoms with van der Waals surface area (Å²) in [5, 5.41) is 13.7. The summed E-state index contributed by atoms with van der Waals surface area (Å²) in [4.78, 5) is 11.6. The van der Waals surface area contributed by atoms with Gasteiger partial charge in [-0.3, -0.25) is 0 Å². The van der Waals surface area contributed by atoms with Crippen LogP contribution in [-0.4, -0.2) is 28.0 Å². The molecule has 0 atom stereocenters. The van der Waals surface area contributed by atoms with Gasteiger partial charge in [0, 0.05) is 5.56 Å². The molecule has 0 saturated heterocycles. The van der Waals surface area contributed by atoms with E-state index in [4.69, 9.17) is 0 Å². The molecule has 0 fully saturated rings. The highest BCUT2D eigenvalue weighted by atomic mass is 16.5. The third kappa shape index (κ3) is 2.37. The molecule has 0 radical (unpaired) electrons. The van der Waals surface area contributed by atoms with Gasteiger partial charge in [0.1, 0.15) is 0 Å². The van der Waals surface area contributed by atoms with Gasteiger partial charge in [0.15, 0.2) is 5.69 Å². The number of hydrogen-bond acceptors (Lipinski definition) is 4. The van der Waals surface area contributed by atoms with E-state index in [-0.39, 0.29) is 12.3 Å². The molecule has 5 heteroatoms. The molecule has 0 spiro atoms. The molecule has 0 saturated carbocycles. The van der Waals surface area contributed by atoms with Gasteiger partial charge >= 0.3 is 5.97 Å². The van der Waals surface area contributed by atoms with Gasteiger partial charge in [0.2, 0.25) is 0 Å². The van der Waals surface area contributed by atoms with Crippen LogP contribution in [0, 0.1) is 13.8 Å². The first kappa shape index (κ1) is 13.3. The minimum absolute atomic E-state index is 0.191. The number of aliphatic hydroxyl groups excluding tert-OH is 1. The average molecular weight is 260 g/mol. The molecule has 1 aromatic carbocycles. The van der Waals surface area contributed by atoms with Crippen molar-refractivity contribution in [3.05, 3.63) is 46.8 Å². The SMILES string of the molecule is COC(=O)c1nn(-c2ccc(C)cc2)c(CO)c1C. The van der Waals surface area contributed by atoms with Crippen molar-refractivity contribution in [3.8, 4) is 5.69 Å². The van der Waals surface area contributed by atoms with Crippen molar-refractivity contribution in [2.45, 2.75) is 20.5 Å². The zero-order valence-electron chi connectivity index (χ0n) is 11.2. The third-order valence-corrected chi connectivity index (χ3v) is 3.05. The smallest absolute Gasteiger partial charge is 0.358 e. The van der Waals surface area contributed by atoms with Gasteiger partial charge in [-0.2, -0.15) is 5.10 Å². The Kier molecular flexibility index (Phi) is 3.66. The molecule has 0 aliphatic rings. The molecule has 0 amide bonds. The highest BCUT2D eigenvalue weighted by Gasteiger charge is 2.20. The summed E-state index contributed by atoms with van der Waals surface area (Å²) in [6, 6.07) is 7.68. The lowest BCUT2D eigenvalue weighted by molar-refractivity contribution is 0.0592. The van der Waals surface area contributed by atoms with Gasteiger partial charge in [-0.15, -0.1) is 0 Å². The van der Waals surface area contributed by atoms with E-state index in [1.54, 1.807) is 11.6 Å². The lowest BCUT2D eigenvalue weighted by Gasteiger charge is -2.06. The first-order chi connectivity index (χ1) is 9.08. The standard InChI is InChI=1S/C14H16N2O3/c1-9-4-6-11(7-5-9)16-12(8-17)10(2)13(15-16)14(18)19-3/h4-7,17H,8H2,1-3H3. The Morgan fingerprint density at radius 2 is 1.95 bits per heavy atom. The maximum absolute atomic E-state index is 11.6. The summed E-state index contributed by atoms with van der Waals surface area (Å²) >= 11 is 0. The molecular weight excluding hydrogens is 244 g/mol.